The first-order chi connectivity index (χ1) is 19.1. The van der Waals surface area contributed by atoms with Gasteiger partial charge in [-0.05, 0) is 93.2 Å². The van der Waals surface area contributed by atoms with Gasteiger partial charge in [-0.3, -0.25) is 9.59 Å². The number of amides is 1. The van der Waals surface area contributed by atoms with Crippen molar-refractivity contribution in [3.05, 3.63) is 61.4 Å². The number of ether oxygens (including phenoxy) is 1. The topological polar surface area (TPSA) is 131 Å². The van der Waals surface area contributed by atoms with Gasteiger partial charge in [0.25, 0.3) is 11.5 Å². The molecule has 0 saturated heterocycles. The fraction of sp³-hybridized carbons (Fsp3) is 0.484. The van der Waals surface area contributed by atoms with Gasteiger partial charge in [-0.1, -0.05) is 6.92 Å². The van der Waals surface area contributed by atoms with Crippen LogP contribution in [0.4, 0.5) is 0 Å². The van der Waals surface area contributed by atoms with Crippen molar-refractivity contribution in [1.82, 2.24) is 14.9 Å². The van der Waals surface area contributed by atoms with Gasteiger partial charge in [0, 0.05) is 16.5 Å². The highest BCUT2D eigenvalue weighted by Crippen LogP contribution is 2.46. The highest BCUT2D eigenvalue weighted by atomic mass is 16.6. The first-order valence-corrected chi connectivity index (χ1v) is 14.2. The fourth-order valence-electron chi connectivity index (χ4n) is 7.36. The van der Waals surface area contributed by atoms with Crippen molar-refractivity contribution in [2.24, 2.45) is 0 Å². The number of nitrogens with zero attached hydrogens (tertiary/aromatic N) is 2. The fourth-order valence-corrected chi connectivity index (χ4v) is 7.36. The molecule has 1 saturated carbocycles. The van der Waals surface area contributed by atoms with Crippen LogP contribution in [0.2, 0.25) is 0 Å². The number of aryl methyl sites for hydroxylation is 2. The maximum absolute atomic E-state index is 13.8. The molecule has 4 aliphatic rings. The molecule has 9 nitrogen and oxygen atoms in total. The summed E-state index contributed by atoms with van der Waals surface area (Å²) in [5, 5.41) is 26.4. The van der Waals surface area contributed by atoms with Gasteiger partial charge in [-0.25, -0.2) is 9.78 Å². The number of carbonyl (C=O) groups excluding carboxylic acids is 2. The van der Waals surface area contributed by atoms with Crippen LogP contribution in [0.3, 0.4) is 0 Å². The van der Waals surface area contributed by atoms with Gasteiger partial charge < -0.3 is 24.8 Å². The van der Waals surface area contributed by atoms with Crippen LogP contribution < -0.4 is 10.9 Å². The Labute approximate surface area is 231 Å². The third-order valence-corrected chi connectivity index (χ3v) is 9.86. The SMILES string of the molecule is CC[C@@]1(O)C(=O)OCc2c1cc1n(c2=O)Cc2c-1nc1cc(C)c(C)c3c1c2[C@H](NC(=O)C1(O)CCCC1)CC3. The van der Waals surface area contributed by atoms with Crippen LogP contribution in [0.5, 0.6) is 0 Å². The molecule has 1 fully saturated rings. The van der Waals surface area contributed by atoms with Crippen LogP contribution in [0.1, 0.15) is 90.4 Å². The number of fused-ring (bicyclic) bond motifs is 5. The van der Waals surface area contributed by atoms with Gasteiger partial charge in [-0.2, -0.15) is 0 Å². The third-order valence-electron chi connectivity index (χ3n) is 9.86. The number of esters is 1. The lowest BCUT2D eigenvalue weighted by atomic mass is 9.80. The molecule has 0 bridgehead atoms. The molecule has 2 aliphatic heterocycles. The summed E-state index contributed by atoms with van der Waals surface area (Å²) in [5.74, 6) is -1.09. The first-order valence-electron chi connectivity index (χ1n) is 14.2. The van der Waals surface area contributed by atoms with Gasteiger partial charge in [0.1, 0.15) is 12.2 Å². The molecule has 0 spiro atoms. The normalized spacial score (nSPS) is 23.9. The van der Waals surface area contributed by atoms with E-state index in [0.717, 1.165) is 46.9 Å². The predicted molar refractivity (Wildman–Crippen MR) is 147 cm³/mol. The molecule has 3 N–H and O–H groups in total. The second kappa shape index (κ2) is 8.47. The Morgan fingerprint density at radius 3 is 2.62 bits per heavy atom. The zero-order chi connectivity index (χ0) is 28.1. The monoisotopic (exact) mass is 543 g/mol. The molecule has 0 radical (unpaired) electrons. The average molecular weight is 544 g/mol. The molecule has 9 heteroatoms. The van der Waals surface area contributed by atoms with E-state index in [0.29, 0.717) is 30.7 Å². The van der Waals surface area contributed by atoms with Crippen molar-refractivity contribution < 1.29 is 24.5 Å². The summed E-state index contributed by atoms with van der Waals surface area (Å²) in [6.07, 6.45) is 4.07. The minimum atomic E-state index is -1.90. The molecule has 7 rings (SSSR count). The lowest BCUT2D eigenvalue weighted by molar-refractivity contribution is -0.172. The van der Waals surface area contributed by atoms with Crippen molar-refractivity contribution in [3.63, 3.8) is 0 Å². The van der Waals surface area contributed by atoms with Crippen molar-refractivity contribution in [3.8, 4) is 11.4 Å². The summed E-state index contributed by atoms with van der Waals surface area (Å²) in [4.78, 5) is 44.8. The Balaban J connectivity index is 1.46. The van der Waals surface area contributed by atoms with Crippen molar-refractivity contribution >= 4 is 22.8 Å². The number of carbonyl (C=O) groups is 2. The summed E-state index contributed by atoms with van der Waals surface area (Å²) in [6.45, 7) is 5.93. The molecule has 3 aromatic rings. The second-order valence-corrected chi connectivity index (χ2v) is 12.0. The molecule has 2 aromatic heterocycles. The highest BCUT2D eigenvalue weighted by molar-refractivity contribution is 5.95. The molecule has 2 atom stereocenters. The van der Waals surface area contributed by atoms with E-state index < -0.39 is 17.2 Å². The molecule has 40 heavy (non-hydrogen) atoms. The van der Waals surface area contributed by atoms with Crippen LogP contribution >= 0.6 is 0 Å². The molecule has 4 heterocycles. The summed E-state index contributed by atoms with van der Waals surface area (Å²) in [6, 6.07) is 3.42. The number of pyridine rings is 2. The lowest BCUT2D eigenvalue weighted by Crippen LogP contribution is -2.46. The standard InChI is InChI=1S/C31H33N3O6/c1-4-31(39)20-12-23-26-18(13-34(23)27(35)19(20)14-40-29(31)37)25-21(33-28(36)30(38)9-5-6-10-30)8-7-17-16(3)15(2)11-22(32-26)24(17)25/h11-12,21,38-39H,4-10,13-14H2,1-3H3,(H,33,36)/t21-,31+/m1/s1. The number of rotatable bonds is 3. The maximum atomic E-state index is 13.8. The number of aliphatic hydroxyl groups is 2. The minimum Gasteiger partial charge on any atom is -0.458 e. The Kier molecular flexibility index (Phi) is 5.38. The Bertz CT molecular complexity index is 1720. The number of hydrogen-bond donors (Lipinski definition) is 3. The molecule has 1 amide bonds. The van der Waals surface area contributed by atoms with Gasteiger partial charge in [0.15, 0.2) is 5.60 Å². The van der Waals surface area contributed by atoms with Crippen molar-refractivity contribution in [2.45, 2.75) is 96.1 Å². The summed E-state index contributed by atoms with van der Waals surface area (Å²) in [5.41, 5.74) is 4.25. The van der Waals surface area contributed by atoms with E-state index in [-0.39, 0.29) is 48.2 Å². The van der Waals surface area contributed by atoms with Gasteiger partial charge in [-0.15, -0.1) is 0 Å². The molecule has 208 valence electrons. The van der Waals surface area contributed by atoms with E-state index >= 15 is 0 Å². The van der Waals surface area contributed by atoms with E-state index in [1.807, 2.05) is 6.07 Å². The van der Waals surface area contributed by atoms with Crippen LogP contribution in [-0.2, 0) is 39.5 Å². The van der Waals surface area contributed by atoms with E-state index in [1.165, 1.54) is 11.1 Å². The zero-order valence-electron chi connectivity index (χ0n) is 23.0. The Hall–Kier alpha value is -3.56. The number of aromatic nitrogens is 2. The molecular weight excluding hydrogens is 510 g/mol. The quantitative estimate of drug-likeness (QED) is 0.339. The molecule has 2 aliphatic carbocycles. The third kappa shape index (κ3) is 3.28. The van der Waals surface area contributed by atoms with Crippen molar-refractivity contribution in [2.75, 3.05) is 0 Å². The molecule has 1 aromatic carbocycles. The number of benzene rings is 1. The highest BCUT2D eigenvalue weighted by Gasteiger charge is 2.46. The summed E-state index contributed by atoms with van der Waals surface area (Å²) >= 11 is 0. The Morgan fingerprint density at radius 2 is 1.90 bits per heavy atom. The maximum Gasteiger partial charge on any atom is 0.343 e. The molecule has 0 unspecified atom stereocenters. The summed E-state index contributed by atoms with van der Waals surface area (Å²) < 4.78 is 6.86. The van der Waals surface area contributed by atoms with Gasteiger partial charge in [0.05, 0.1) is 35.1 Å². The molecular formula is C31H33N3O6. The average Bonchev–Trinajstić information content (AvgIpc) is 3.55. The lowest BCUT2D eigenvalue weighted by Gasteiger charge is -2.32. The van der Waals surface area contributed by atoms with E-state index in [1.54, 1.807) is 17.6 Å². The minimum absolute atomic E-state index is 0.0732. The van der Waals surface area contributed by atoms with Gasteiger partial charge >= 0.3 is 5.97 Å². The number of cyclic esters (lactones) is 1. The Morgan fingerprint density at radius 1 is 1.15 bits per heavy atom. The first kappa shape index (κ1) is 25.4. The van der Waals surface area contributed by atoms with E-state index in [2.05, 4.69) is 19.2 Å². The van der Waals surface area contributed by atoms with Crippen LogP contribution in [0.15, 0.2) is 16.9 Å². The largest absolute Gasteiger partial charge is 0.458 e. The second-order valence-electron chi connectivity index (χ2n) is 12.0. The van der Waals surface area contributed by atoms with E-state index in [4.69, 9.17) is 9.72 Å². The number of hydrogen-bond acceptors (Lipinski definition) is 7. The summed E-state index contributed by atoms with van der Waals surface area (Å²) in [7, 11) is 0. The number of nitrogens with one attached hydrogen (secondary N) is 1. The predicted octanol–water partition coefficient (Wildman–Crippen LogP) is 3.11. The van der Waals surface area contributed by atoms with E-state index in [9.17, 15) is 24.6 Å². The van der Waals surface area contributed by atoms with Crippen LogP contribution in [0.25, 0.3) is 22.3 Å². The smallest absolute Gasteiger partial charge is 0.343 e. The van der Waals surface area contributed by atoms with Crippen LogP contribution in [-0.4, -0.2) is 37.2 Å². The zero-order valence-corrected chi connectivity index (χ0v) is 23.0. The van der Waals surface area contributed by atoms with Crippen LogP contribution in [0, 0.1) is 13.8 Å². The van der Waals surface area contributed by atoms with Gasteiger partial charge in [0.2, 0.25) is 0 Å². The van der Waals surface area contributed by atoms with Crippen molar-refractivity contribution in [1.29, 1.82) is 0 Å².